The molecule has 0 aliphatic rings. The van der Waals surface area contributed by atoms with Crippen molar-refractivity contribution in [2.24, 2.45) is 0 Å². The van der Waals surface area contributed by atoms with Crippen molar-refractivity contribution in [1.29, 1.82) is 0 Å². The SMILES string of the molecule is CNc1ncc(C)c(N(C)Cc2ccncc2)n1. The van der Waals surface area contributed by atoms with Gasteiger partial charge in [-0.05, 0) is 24.6 Å². The van der Waals surface area contributed by atoms with Crippen LogP contribution in [-0.2, 0) is 6.54 Å². The molecule has 94 valence electrons. The molecule has 1 N–H and O–H groups in total. The molecule has 5 heteroatoms. The summed E-state index contributed by atoms with van der Waals surface area (Å²) in [5.41, 5.74) is 2.27. The van der Waals surface area contributed by atoms with Gasteiger partial charge in [0.25, 0.3) is 0 Å². The van der Waals surface area contributed by atoms with E-state index in [1.807, 2.05) is 39.3 Å². The fraction of sp³-hybridized carbons (Fsp3) is 0.308. The molecule has 0 saturated carbocycles. The third-order valence-electron chi connectivity index (χ3n) is 2.70. The second-order valence-electron chi connectivity index (χ2n) is 4.16. The molecule has 0 saturated heterocycles. The molecule has 0 aliphatic carbocycles. The first-order valence-corrected chi connectivity index (χ1v) is 5.82. The predicted octanol–water partition coefficient (Wildman–Crippen LogP) is 1.86. The molecule has 18 heavy (non-hydrogen) atoms. The number of rotatable bonds is 4. The predicted molar refractivity (Wildman–Crippen MR) is 72.7 cm³/mol. The van der Waals surface area contributed by atoms with Gasteiger partial charge in [0, 0.05) is 44.8 Å². The van der Waals surface area contributed by atoms with Crippen molar-refractivity contribution in [1.82, 2.24) is 15.0 Å². The maximum absolute atomic E-state index is 4.47. The van der Waals surface area contributed by atoms with Crippen molar-refractivity contribution in [2.45, 2.75) is 13.5 Å². The monoisotopic (exact) mass is 243 g/mol. The third kappa shape index (κ3) is 2.74. The van der Waals surface area contributed by atoms with E-state index in [4.69, 9.17) is 0 Å². The smallest absolute Gasteiger partial charge is 0.224 e. The minimum atomic E-state index is 0.636. The van der Waals surface area contributed by atoms with Crippen LogP contribution in [0, 0.1) is 6.92 Å². The Balaban J connectivity index is 2.20. The van der Waals surface area contributed by atoms with Gasteiger partial charge in [-0.2, -0.15) is 4.98 Å². The van der Waals surface area contributed by atoms with E-state index in [0.717, 1.165) is 17.9 Å². The summed E-state index contributed by atoms with van der Waals surface area (Å²) in [6.07, 6.45) is 5.43. The summed E-state index contributed by atoms with van der Waals surface area (Å²) in [5, 5.41) is 2.95. The Bertz CT molecular complexity index is 512. The molecule has 0 bridgehead atoms. The molecule has 0 aliphatic heterocycles. The average molecular weight is 243 g/mol. The number of hydrogen-bond acceptors (Lipinski definition) is 5. The first-order chi connectivity index (χ1) is 8.70. The van der Waals surface area contributed by atoms with E-state index < -0.39 is 0 Å². The highest BCUT2D eigenvalue weighted by atomic mass is 15.2. The Kier molecular flexibility index (Phi) is 3.72. The Morgan fingerprint density at radius 1 is 1.28 bits per heavy atom. The summed E-state index contributed by atoms with van der Waals surface area (Å²) in [4.78, 5) is 14.8. The van der Waals surface area contributed by atoms with E-state index in [-0.39, 0.29) is 0 Å². The first-order valence-electron chi connectivity index (χ1n) is 5.82. The molecular weight excluding hydrogens is 226 g/mol. The normalized spacial score (nSPS) is 10.2. The van der Waals surface area contributed by atoms with E-state index in [0.29, 0.717) is 5.95 Å². The molecule has 2 aromatic rings. The zero-order chi connectivity index (χ0) is 13.0. The highest BCUT2D eigenvalue weighted by molar-refractivity contribution is 5.48. The molecule has 0 spiro atoms. The van der Waals surface area contributed by atoms with Gasteiger partial charge < -0.3 is 10.2 Å². The highest BCUT2D eigenvalue weighted by Crippen LogP contribution is 2.18. The van der Waals surface area contributed by atoms with Crippen LogP contribution in [0.25, 0.3) is 0 Å². The van der Waals surface area contributed by atoms with Crippen LogP contribution in [0.4, 0.5) is 11.8 Å². The molecule has 2 rings (SSSR count). The van der Waals surface area contributed by atoms with Gasteiger partial charge >= 0.3 is 0 Å². The van der Waals surface area contributed by atoms with E-state index in [1.54, 1.807) is 12.4 Å². The second kappa shape index (κ2) is 5.44. The highest BCUT2D eigenvalue weighted by Gasteiger charge is 2.08. The van der Waals surface area contributed by atoms with E-state index in [9.17, 15) is 0 Å². The summed E-state index contributed by atoms with van der Waals surface area (Å²) in [6, 6.07) is 4.01. The number of hydrogen-bond donors (Lipinski definition) is 1. The maximum atomic E-state index is 4.47. The quantitative estimate of drug-likeness (QED) is 0.888. The van der Waals surface area contributed by atoms with Gasteiger partial charge in [-0.15, -0.1) is 0 Å². The third-order valence-corrected chi connectivity index (χ3v) is 2.70. The van der Waals surface area contributed by atoms with Crippen LogP contribution in [0.3, 0.4) is 0 Å². The number of pyridine rings is 1. The van der Waals surface area contributed by atoms with Crippen molar-refractivity contribution in [3.05, 3.63) is 41.9 Å². The molecule has 0 unspecified atom stereocenters. The van der Waals surface area contributed by atoms with Gasteiger partial charge in [0.2, 0.25) is 5.95 Å². The van der Waals surface area contributed by atoms with Crippen LogP contribution in [-0.4, -0.2) is 29.0 Å². The standard InChI is InChI=1S/C13H17N5/c1-10-8-16-13(14-2)17-12(10)18(3)9-11-4-6-15-7-5-11/h4-8H,9H2,1-3H3,(H,14,16,17). The first kappa shape index (κ1) is 12.3. The number of aromatic nitrogens is 3. The van der Waals surface area contributed by atoms with Crippen molar-refractivity contribution >= 4 is 11.8 Å². The fourth-order valence-electron chi connectivity index (χ4n) is 1.78. The summed E-state index contributed by atoms with van der Waals surface area (Å²) < 4.78 is 0. The molecular formula is C13H17N5. The molecule has 2 aromatic heterocycles. The maximum Gasteiger partial charge on any atom is 0.224 e. The Labute approximate surface area is 107 Å². The molecule has 0 fully saturated rings. The lowest BCUT2D eigenvalue weighted by atomic mass is 10.2. The average Bonchev–Trinajstić information content (AvgIpc) is 2.40. The van der Waals surface area contributed by atoms with E-state index in [1.165, 1.54) is 5.56 Å². The zero-order valence-corrected chi connectivity index (χ0v) is 10.9. The van der Waals surface area contributed by atoms with Gasteiger partial charge in [-0.1, -0.05) is 0 Å². The van der Waals surface area contributed by atoms with Gasteiger partial charge in [-0.25, -0.2) is 4.98 Å². The summed E-state index contributed by atoms with van der Waals surface area (Å²) in [5.74, 6) is 1.57. The molecule has 0 amide bonds. The molecule has 2 heterocycles. The number of anilines is 2. The van der Waals surface area contributed by atoms with Crippen LogP contribution in [0.1, 0.15) is 11.1 Å². The van der Waals surface area contributed by atoms with Crippen LogP contribution >= 0.6 is 0 Å². The van der Waals surface area contributed by atoms with Gasteiger partial charge in [-0.3, -0.25) is 4.98 Å². The Morgan fingerprint density at radius 2 is 2.00 bits per heavy atom. The lowest BCUT2D eigenvalue weighted by Gasteiger charge is -2.20. The Hall–Kier alpha value is -2.17. The fourth-order valence-corrected chi connectivity index (χ4v) is 1.78. The molecule has 0 radical (unpaired) electrons. The largest absolute Gasteiger partial charge is 0.357 e. The van der Waals surface area contributed by atoms with Gasteiger partial charge in [0.15, 0.2) is 0 Å². The topological polar surface area (TPSA) is 53.9 Å². The van der Waals surface area contributed by atoms with Crippen LogP contribution in [0.2, 0.25) is 0 Å². The number of aryl methyl sites for hydroxylation is 1. The second-order valence-corrected chi connectivity index (χ2v) is 4.16. The van der Waals surface area contributed by atoms with Crippen molar-refractivity contribution in [3.63, 3.8) is 0 Å². The summed E-state index contributed by atoms with van der Waals surface area (Å²) >= 11 is 0. The minimum absolute atomic E-state index is 0.636. The van der Waals surface area contributed by atoms with E-state index >= 15 is 0 Å². The van der Waals surface area contributed by atoms with Crippen molar-refractivity contribution < 1.29 is 0 Å². The molecule has 5 nitrogen and oxygen atoms in total. The lowest BCUT2D eigenvalue weighted by Crippen LogP contribution is -2.19. The van der Waals surface area contributed by atoms with E-state index in [2.05, 4.69) is 25.2 Å². The molecule has 0 atom stereocenters. The van der Waals surface area contributed by atoms with Crippen LogP contribution < -0.4 is 10.2 Å². The number of nitrogens with one attached hydrogen (secondary N) is 1. The van der Waals surface area contributed by atoms with Crippen molar-refractivity contribution in [3.8, 4) is 0 Å². The van der Waals surface area contributed by atoms with Gasteiger partial charge in [0.05, 0.1) is 0 Å². The summed E-state index contributed by atoms with van der Waals surface area (Å²) in [6.45, 7) is 2.81. The molecule has 0 aromatic carbocycles. The minimum Gasteiger partial charge on any atom is -0.357 e. The Morgan fingerprint density at radius 3 is 2.67 bits per heavy atom. The van der Waals surface area contributed by atoms with Gasteiger partial charge in [0.1, 0.15) is 5.82 Å². The lowest BCUT2D eigenvalue weighted by molar-refractivity contribution is 0.881. The zero-order valence-electron chi connectivity index (χ0n) is 10.9. The van der Waals surface area contributed by atoms with Crippen LogP contribution in [0.5, 0.6) is 0 Å². The summed E-state index contributed by atoms with van der Waals surface area (Å²) in [7, 11) is 3.84. The van der Waals surface area contributed by atoms with Crippen molar-refractivity contribution in [2.75, 3.05) is 24.3 Å². The van der Waals surface area contributed by atoms with Crippen LogP contribution in [0.15, 0.2) is 30.7 Å². The number of nitrogens with zero attached hydrogens (tertiary/aromatic N) is 4.